The Labute approximate surface area is 243 Å². The SMILES string of the molecule is CCCCCCCCCCCCCCCCCCOC(=O)CCCCCCCCC(=O)Oc1cc(F)cc(F)c1. The molecule has 0 radical (unpaired) electrons. The molecule has 0 bridgehead atoms. The molecular formula is C34H56F2O4. The molecular weight excluding hydrogens is 510 g/mol. The molecule has 230 valence electrons. The van der Waals surface area contributed by atoms with Gasteiger partial charge in [0.25, 0.3) is 0 Å². The molecule has 0 atom stereocenters. The lowest BCUT2D eigenvalue weighted by Gasteiger charge is -2.06. The van der Waals surface area contributed by atoms with Gasteiger partial charge in [-0.2, -0.15) is 0 Å². The summed E-state index contributed by atoms with van der Waals surface area (Å²) in [6.07, 6.45) is 27.3. The molecule has 0 aliphatic carbocycles. The average molecular weight is 567 g/mol. The van der Waals surface area contributed by atoms with Crippen molar-refractivity contribution in [1.29, 1.82) is 0 Å². The zero-order chi connectivity index (χ0) is 29.1. The summed E-state index contributed by atoms with van der Waals surface area (Å²) in [7, 11) is 0. The number of carbonyl (C=O) groups excluding carboxylic acids is 2. The van der Waals surface area contributed by atoms with E-state index in [4.69, 9.17) is 9.47 Å². The van der Waals surface area contributed by atoms with Gasteiger partial charge >= 0.3 is 11.9 Å². The molecule has 0 fully saturated rings. The maximum atomic E-state index is 13.1. The van der Waals surface area contributed by atoms with Crippen molar-refractivity contribution in [3.8, 4) is 5.75 Å². The Morgan fingerprint density at radius 1 is 0.525 bits per heavy atom. The number of carbonyl (C=O) groups is 2. The van der Waals surface area contributed by atoms with Gasteiger partial charge in [-0.15, -0.1) is 0 Å². The first-order valence-corrected chi connectivity index (χ1v) is 16.3. The van der Waals surface area contributed by atoms with Crippen LogP contribution < -0.4 is 4.74 Å². The summed E-state index contributed by atoms with van der Waals surface area (Å²) in [5, 5.41) is 0. The van der Waals surface area contributed by atoms with Gasteiger partial charge in [-0.05, 0) is 19.3 Å². The van der Waals surface area contributed by atoms with Gasteiger partial charge in [-0.3, -0.25) is 9.59 Å². The fourth-order valence-corrected chi connectivity index (χ4v) is 4.92. The summed E-state index contributed by atoms with van der Waals surface area (Å²) in [4.78, 5) is 23.7. The molecule has 1 aromatic carbocycles. The average Bonchev–Trinajstić information content (AvgIpc) is 2.91. The van der Waals surface area contributed by atoms with E-state index in [-0.39, 0.29) is 18.1 Å². The highest BCUT2D eigenvalue weighted by Crippen LogP contribution is 2.17. The van der Waals surface area contributed by atoms with Crippen LogP contribution in [0.3, 0.4) is 0 Å². The molecule has 0 aromatic heterocycles. The topological polar surface area (TPSA) is 52.6 Å². The molecule has 0 heterocycles. The molecule has 1 rings (SSSR count). The van der Waals surface area contributed by atoms with E-state index >= 15 is 0 Å². The van der Waals surface area contributed by atoms with Crippen LogP contribution in [0.25, 0.3) is 0 Å². The van der Waals surface area contributed by atoms with Gasteiger partial charge in [-0.25, -0.2) is 8.78 Å². The second-order valence-corrected chi connectivity index (χ2v) is 11.2. The Bertz CT molecular complexity index is 748. The van der Waals surface area contributed by atoms with Crippen LogP contribution in [0.5, 0.6) is 5.75 Å². The molecule has 0 N–H and O–H groups in total. The molecule has 0 saturated carbocycles. The van der Waals surface area contributed by atoms with Crippen LogP contribution in [0, 0.1) is 11.6 Å². The van der Waals surface area contributed by atoms with E-state index < -0.39 is 17.6 Å². The van der Waals surface area contributed by atoms with E-state index in [1.807, 2.05) is 0 Å². The Kier molecular flexibility index (Phi) is 23.4. The third-order valence-electron chi connectivity index (χ3n) is 7.34. The van der Waals surface area contributed by atoms with E-state index in [0.717, 1.165) is 63.1 Å². The summed E-state index contributed by atoms with van der Waals surface area (Å²) in [6.45, 7) is 2.81. The molecule has 0 aliphatic rings. The number of halogens is 2. The van der Waals surface area contributed by atoms with Crippen LogP contribution in [-0.4, -0.2) is 18.5 Å². The molecule has 40 heavy (non-hydrogen) atoms. The van der Waals surface area contributed by atoms with Crippen molar-refractivity contribution in [2.45, 2.75) is 161 Å². The van der Waals surface area contributed by atoms with Crippen molar-refractivity contribution in [2.24, 2.45) is 0 Å². The van der Waals surface area contributed by atoms with Crippen LogP contribution in [-0.2, 0) is 14.3 Å². The highest BCUT2D eigenvalue weighted by Gasteiger charge is 2.08. The van der Waals surface area contributed by atoms with Crippen molar-refractivity contribution in [2.75, 3.05) is 6.61 Å². The van der Waals surface area contributed by atoms with Gasteiger partial charge in [0.1, 0.15) is 17.4 Å². The second-order valence-electron chi connectivity index (χ2n) is 11.2. The van der Waals surface area contributed by atoms with Gasteiger partial charge in [0.15, 0.2) is 0 Å². The zero-order valence-electron chi connectivity index (χ0n) is 25.3. The Hall–Kier alpha value is -1.98. The summed E-state index contributed by atoms with van der Waals surface area (Å²) in [5.41, 5.74) is 0. The molecule has 4 nitrogen and oxygen atoms in total. The van der Waals surface area contributed by atoms with Crippen LogP contribution in [0.4, 0.5) is 8.78 Å². The number of ether oxygens (including phenoxy) is 2. The van der Waals surface area contributed by atoms with Crippen LogP contribution in [0.15, 0.2) is 18.2 Å². The molecule has 0 aliphatic heterocycles. The number of hydrogen-bond donors (Lipinski definition) is 0. The van der Waals surface area contributed by atoms with Gasteiger partial charge in [-0.1, -0.05) is 129 Å². The minimum absolute atomic E-state index is 0.0995. The van der Waals surface area contributed by atoms with Crippen molar-refractivity contribution in [3.63, 3.8) is 0 Å². The maximum absolute atomic E-state index is 13.1. The Balaban J connectivity index is 1.78. The van der Waals surface area contributed by atoms with Gasteiger partial charge in [0, 0.05) is 31.0 Å². The highest BCUT2D eigenvalue weighted by atomic mass is 19.1. The molecule has 0 amide bonds. The Morgan fingerprint density at radius 3 is 1.35 bits per heavy atom. The molecule has 0 spiro atoms. The number of unbranched alkanes of at least 4 members (excludes halogenated alkanes) is 20. The van der Waals surface area contributed by atoms with E-state index in [9.17, 15) is 18.4 Å². The minimum atomic E-state index is -0.771. The van der Waals surface area contributed by atoms with E-state index in [2.05, 4.69) is 6.92 Å². The van der Waals surface area contributed by atoms with Gasteiger partial charge in [0.05, 0.1) is 6.61 Å². The van der Waals surface area contributed by atoms with E-state index in [1.165, 1.54) is 89.9 Å². The molecule has 0 unspecified atom stereocenters. The fraction of sp³-hybridized carbons (Fsp3) is 0.765. The van der Waals surface area contributed by atoms with Crippen molar-refractivity contribution in [3.05, 3.63) is 29.8 Å². The third-order valence-corrected chi connectivity index (χ3v) is 7.34. The number of benzene rings is 1. The number of rotatable bonds is 27. The largest absolute Gasteiger partial charge is 0.466 e. The van der Waals surface area contributed by atoms with Crippen LogP contribution in [0.1, 0.15) is 161 Å². The normalized spacial score (nSPS) is 11.1. The lowest BCUT2D eigenvalue weighted by Crippen LogP contribution is -2.08. The van der Waals surface area contributed by atoms with Crippen LogP contribution >= 0.6 is 0 Å². The van der Waals surface area contributed by atoms with Crippen molar-refractivity contribution >= 4 is 11.9 Å². The highest BCUT2D eigenvalue weighted by molar-refractivity contribution is 5.72. The van der Waals surface area contributed by atoms with Crippen molar-refractivity contribution in [1.82, 2.24) is 0 Å². The molecule has 0 saturated heterocycles. The number of esters is 2. The minimum Gasteiger partial charge on any atom is -0.466 e. The predicted molar refractivity (Wildman–Crippen MR) is 159 cm³/mol. The monoisotopic (exact) mass is 566 g/mol. The second kappa shape index (κ2) is 26.0. The summed E-state index contributed by atoms with van der Waals surface area (Å²) in [5.74, 6) is -2.24. The lowest BCUT2D eigenvalue weighted by molar-refractivity contribution is -0.144. The summed E-state index contributed by atoms with van der Waals surface area (Å²) in [6, 6.07) is 2.72. The fourth-order valence-electron chi connectivity index (χ4n) is 4.92. The van der Waals surface area contributed by atoms with E-state index in [0.29, 0.717) is 19.4 Å². The lowest BCUT2D eigenvalue weighted by atomic mass is 10.0. The van der Waals surface area contributed by atoms with Gasteiger partial charge < -0.3 is 9.47 Å². The van der Waals surface area contributed by atoms with Crippen LogP contribution in [0.2, 0.25) is 0 Å². The summed E-state index contributed by atoms with van der Waals surface area (Å²) >= 11 is 0. The van der Waals surface area contributed by atoms with Crippen molar-refractivity contribution < 1.29 is 27.8 Å². The first kappa shape index (κ1) is 36.0. The van der Waals surface area contributed by atoms with E-state index in [1.54, 1.807) is 0 Å². The Morgan fingerprint density at radius 2 is 0.900 bits per heavy atom. The third kappa shape index (κ3) is 22.8. The molecule has 6 heteroatoms. The standard InChI is InChI=1S/C34H56F2O4/c1-2-3-4-5-6-7-8-9-10-11-12-13-14-17-20-23-26-39-33(37)24-21-18-15-16-19-22-25-34(38)40-32-28-30(35)27-31(36)29-32/h27-29H,2-26H2,1H3. The summed E-state index contributed by atoms with van der Waals surface area (Å²) < 4.78 is 36.6. The smallest absolute Gasteiger partial charge is 0.311 e. The van der Waals surface area contributed by atoms with Gasteiger partial charge in [0.2, 0.25) is 0 Å². The first-order chi connectivity index (χ1) is 19.5. The number of hydrogen-bond acceptors (Lipinski definition) is 4. The predicted octanol–water partition coefficient (Wildman–Crippen LogP) is 10.8. The maximum Gasteiger partial charge on any atom is 0.311 e. The first-order valence-electron chi connectivity index (χ1n) is 16.3. The quantitative estimate of drug-likeness (QED) is 0.0604. The zero-order valence-corrected chi connectivity index (χ0v) is 25.3. The molecule has 1 aromatic rings.